The average molecular weight is 382 g/mol. The number of carbonyl (C=O) groups excluding carboxylic acids is 1. The molecule has 2 aliphatic rings. The van der Waals surface area contributed by atoms with Gasteiger partial charge < -0.3 is 10.2 Å². The van der Waals surface area contributed by atoms with E-state index in [1.807, 2.05) is 6.92 Å². The van der Waals surface area contributed by atoms with Crippen LogP contribution in [0.25, 0.3) is 0 Å². The quantitative estimate of drug-likeness (QED) is 0.613. The summed E-state index contributed by atoms with van der Waals surface area (Å²) in [5.41, 5.74) is -0.0401. The molecule has 0 aliphatic carbocycles. The number of piperazine rings is 1. The molecule has 0 saturated carbocycles. The fourth-order valence-corrected chi connectivity index (χ4v) is 5.05. The third kappa shape index (κ3) is 3.65. The number of nitro groups is 1. The van der Waals surface area contributed by atoms with Crippen LogP contribution in [0.1, 0.15) is 19.8 Å². The molecule has 1 atom stereocenters. The predicted octanol–water partition coefficient (Wildman–Crippen LogP) is 0.952. The minimum atomic E-state index is -3.78. The molecular formula is C16H22N4O5S. The second-order valence-corrected chi connectivity index (χ2v) is 8.73. The molecule has 0 unspecified atom stereocenters. The summed E-state index contributed by atoms with van der Waals surface area (Å²) in [4.78, 5) is 24.0. The molecule has 142 valence electrons. The number of hydrogen-bond donors (Lipinski definition) is 1. The fourth-order valence-electron chi connectivity index (χ4n) is 3.44. The fraction of sp³-hybridized carbons (Fsp3) is 0.562. The predicted molar refractivity (Wildman–Crippen MR) is 95.5 cm³/mol. The van der Waals surface area contributed by atoms with E-state index in [-0.39, 0.29) is 34.6 Å². The van der Waals surface area contributed by atoms with E-state index in [2.05, 4.69) is 5.32 Å². The Balaban J connectivity index is 1.95. The second-order valence-electron chi connectivity index (χ2n) is 6.79. The number of amides is 1. The van der Waals surface area contributed by atoms with E-state index in [0.717, 1.165) is 18.9 Å². The Morgan fingerprint density at radius 2 is 2.08 bits per heavy atom. The van der Waals surface area contributed by atoms with Gasteiger partial charge in [0.05, 0.1) is 16.4 Å². The Kier molecular flexibility index (Phi) is 5.15. The van der Waals surface area contributed by atoms with Gasteiger partial charge in [0.15, 0.2) is 0 Å². The maximum atomic E-state index is 12.9. The summed E-state index contributed by atoms with van der Waals surface area (Å²) in [5.74, 6) is 0.0456. The van der Waals surface area contributed by atoms with Gasteiger partial charge in [0.2, 0.25) is 15.9 Å². The van der Waals surface area contributed by atoms with Crippen molar-refractivity contribution in [1.29, 1.82) is 0 Å². The first-order chi connectivity index (χ1) is 12.3. The van der Waals surface area contributed by atoms with Gasteiger partial charge >= 0.3 is 0 Å². The van der Waals surface area contributed by atoms with Crippen LogP contribution in [0.3, 0.4) is 0 Å². The highest BCUT2D eigenvalue weighted by Gasteiger charge is 2.32. The van der Waals surface area contributed by atoms with E-state index in [1.54, 1.807) is 4.90 Å². The summed E-state index contributed by atoms with van der Waals surface area (Å²) >= 11 is 0. The molecule has 10 heteroatoms. The van der Waals surface area contributed by atoms with E-state index in [4.69, 9.17) is 0 Å². The Labute approximate surface area is 152 Å². The van der Waals surface area contributed by atoms with Gasteiger partial charge in [0.25, 0.3) is 5.69 Å². The van der Waals surface area contributed by atoms with Crippen LogP contribution in [-0.2, 0) is 14.8 Å². The van der Waals surface area contributed by atoms with Gasteiger partial charge in [-0.2, -0.15) is 4.31 Å². The molecule has 2 fully saturated rings. The zero-order valence-corrected chi connectivity index (χ0v) is 15.4. The van der Waals surface area contributed by atoms with Crippen molar-refractivity contribution in [3.63, 3.8) is 0 Å². The van der Waals surface area contributed by atoms with E-state index < -0.39 is 14.9 Å². The molecule has 1 aromatic rings. The van der Waals surface area contributed by atoms with Crippen molar-refractivity contribution < 1.29 is 18.1 Å². The van der Waals surface area contributed by atoms with Crippen LogP contribution in [0.2, 0.25) is 0 Å². The lowest BCUT2D eigenvalue weighted by atomic mass is 10.0. The van der Waals surface area contributed by atoms with Crippen molar-refractivity contribution >= 4 is 27.3 Å². The number of hydrogen-bond acceptors (Lipinski definition) is 6. The SMILES string of the molecule is C[C@H]1CCCN(S(=O)(=O)c2ccc(N3CCNC(=O)C3)c([N+](=O)[O-])c2)C1. The van der Waals surface area contributed by atoms with Gasteiger partial charge in [0, 0.05) is 32.2 Å². The average Bonchev–Trinajstić information content (AvgIpc) is 2.61. The smallest absolute Gasteiger partial charge is 0.293 e. The molecule has 0 bridgehead atoms. The lowest BCUT2D eigenvalue weighted by Gasteiger charge is -2.30. The summed E-state index contributed by atoms with van der Waals surface area (Å²) < 4.78 is 27.1. The van der Waals surface area contributed by atoms with Crippen LogP contribution in [0.5, 0.6) is 0 Å². The maximum absolute atomic E-state index is 12.9. The molecule has 1 N–H and O–H groups in total. The molecule has 2 heterocycles. The van der Waals surface area contributed by atoms with Crippen LogP contribution in [0.15, 0.2) is 23.1 Å². The van der Waals surface area contributed by atoms with E-state index in [9.17, 15) is 23.3 Å². The van der Waals surface area contributed by atoms with Crippen LogP contribution >= 0.6 is 0 Å². The van der Waals surface area contributed by atoms with E-state index >= 15 is 0 Å². The Morgan fingerprint density at radius 3 is 2.73 bits per heavy atom. The molecule has 0 radical (unpaired) electrons. The van der Waals surface area contributed by atoms with Crippen molar-refractivity contribution in [1.82, 2.24) is 9.62 Å². The molecule has 3 rings (SSSR count). The summed E-state index contributed by atoms with van der Waals surface area (Å²) in [6.07, 6.45) is 1.76. The van der Waals surface area contributed by atoms with Crippen LogP contribution in [0, 0.1) is 16.0 Å². The van der Waals surface area contributed by atoms with E-state index in [1.165, 1.54) is 16.4 Å². The standard InChI is InChI=1S/C16H22N4O5S/c1-12-3-2-7-19(10-12)26(24,25)13-4-5-14(15(9-13)20(22)23)18-8-6-17-16(21)11-18/h4-5,9,12H,2-3,6-8,10-11H2,1H3,(H,17,21)/t12-/m0/s1. The van der Waals surface area contributed by atoms with Crippen molar-refractivity contribution in [2.75, 3.05) is 37.6 Å². The van der Waals surface area contributed by atoms with Gasteiger partial charge in [-0.15, -0.1) is 0 Å². The molecule has 26 heavy (non-hydrogen) atoms. The van der Waals surface area contributed by atoms with Crippen molar-refractivity contribution in [2.45, 2.75) is 24.7 Å². The lowest BCUT2D eigenvalue weighted by Crippen LogP contribution is -2.47. The molecule has 0 spiro atoms. The zero-order valence-electron chi connectivity index (χ0n) is 14.6. The lowest BCUT2D eigenvalue weighted by molar-refractivity contribution is -0.384. The third-order valence-corrected chi connectivity index (χ3v) is 6.64. The van der Waals surface area contributed by atoms with Crippen molar-refractivity contribution in [3.05, 3.63) is 28.3 Å². The molecule has 1 amide bonds. The first-order valence-corrected chi connectivity index (χ1v) is 10.0. The monoisotopic (exact) mass is 382 g/mol. The van der Waals surface area contributed by atoms with E-state index in [0.29, 0.717) is 26.2 Å². The van der Waals surface area contributed by atoms with Gasteiger partial charge in [-0.25, -0.2) is 8.42 Å². The highest BCUT2D eigenvalue weighted by molar-refractivity contribution is 7.89. The normalized spacial score (nSPS) is 22.1. The third-order valence-electron chi connectivity index (χ3n) is 4.78. The molecule has 9 nitrogen and oxygen atoms in total. The molecule has 2 saturated heterocycles. The molecule has 1 aromatic carbocycles. The summed E-state index contributed by atoms with van der Waals surface area (Å²) in [6, 6.07) is 3.93. The maximum Gasteiger partial charge on any atom is 0.293 e. The number of sulfonamides is 1. The van der Waals surface area contributed by atoms with Crippen LogP contribution < -0.4 is 10.2 Å². The Hall–Kier alpha value is -2.20. The van der Waals surface area contributed by atoms with Gasteiger partial charge in [-0.1, -0.05) is 6.92 Å². The van der Waals surface area contributed by atoms with Gasteiger partial charge in [-0.3, -0.25) is 14.9 Å². The Morgan fingerprint density at radius 1 is 1.31 bits per heavy atom. The summed E-state index contributed by atoms with van der Waals surface area (Å²) in [7, 11) is -3.78. The van der Waals surface area contributed by atoms with Crippen LogP contribution in [-0.4, -0.2) is 56.3 Å². The van der Waals surface area contributed by atoms with Gasteiger partial charge in [0.1, 0.15) is 5.69 Å². The number of nitrogens with one attached hydrogen (secondary N) is 1. The molecular weight excluding hydrogens is 360 g/mol. The second kappa shape index (κ2) is 7.20. The number of anilines is 1. The first-order valence-electron chi connectivity index (χ1n) is 8.59. The number of nitro benzene ring substituents is 1. The summed E-state index contributed by atoms with van der Waals surface area (Å²) in [6.45, 7) is 3.67. The topological polar surface area (TPSA) is 113 Å². The highest BCUT2D eigenvalue weighted by Crippen LogP contribution is 2.33. The number of piperidine rings is 1. The number of benzene rings is 1. The number of nitrogens with zero attached hydrogens (tertiary/aromatic N) is 3. The highest BCUT2D eigenvalue weighted by atomic mass is 32.2. The molecule has 0 aromatic heterocycles. The van der Waals surface area contributed by atoms with Gasteiger partial charge in [-0.05, 0) is 30.9 Å². The number of carbonyl (C=O) groups is 1. The molecule has 2 aliphatic heterocycles. The first kappa shape index (κ1) is 18.6. The minimum Gasteiger partial charge on any atom is -0.355 e. The summed E-state index contributed by atoms with van der Waals surface area (Å²) in [5, 5.41) is 14.2. The number of rotatable bonds is 4. The zero-order chi connectivity index (χ0) is 18.9. The van der Waals surface area contributed by atoms with Crippen LogP contribution in [0.4, 0.5) is 11.4 Å². The van der Waals surface area contributed by atoms with Crippen molar-refractivity contribution in [2.24, 2.45) is 5.92 Å². The Bertz CT molecular complexity index is 826. The largest absolute Gasteiger partial charge is 0.355 e. The minimum absolute atomic E-state index is 0.0105. The van der Waals surface area contributed by atoms with Crippen molar-refractivity contribution in [3.8, 4) is 0 Å².